The average Bonchev–Trinajstić information content (AvgIpc) is 2.98. The van der Waals surface area contributed by atoms with Crippen LogP contribution in [0.3, 0.4) is 0 Å². The van der Waals surface area contributed by atoms with Gasteiger partial charge in [-0.25, -0.2) is 0 Å². The summed E-state index contributed by atoms with van der Waals surface area (Å²) in [4.78, 5) is 5.06. The minimum Gasteiger partial charge on any atom is -0.360 e. The van der Waals surface area contributed by atoms with Crippen LogP contribution in [0, 0.1) is 0 Å². The Bertz CT molecular complexity index is 739. The summed E-state index contributed by atoms with van der Waals surface area (Å²) < 4.78 is 0. The lowest BCUT2D eigenvalue weighted by Crippen LogP contribution is -2.25. The van der Waals surface area contributed by atoms with Crippen LogP contribution in [0.2, 0.25) is 0 Å². The van der Waals surface area contributed by atoms with Crippen LogP contribution in [0.15, 0.2) is 36.7 Å². The number of benzene rings is 1. The highest BCUT2D eigenvalue weighted by Gasteiger charge is 2.37. The van der Waals surface area contributed by atoms with Crippen molar-refractivity contribution in [3.63, 3.8) is 0 Å². The van der Waals surface area contributed by atoms with Crippen LogP contribution in [0.25, 0.3) is 0 Å². The van der Waals surface area contributed by atoms with Gasteiger partial charge in [0.05, 0.1) is 16.4 Å². The van der Waals surface area contributed by atoms with Gasteiger partial charge in [-0.05, 0) is 37.6 Å². The van der Waals surface area contributed by atoms with E-state index in [9.17, 15) is 0 Å². The van der Waals surface area contributed by atoms with E-state index < -0.39 is 0 Å². The van der Waals surface area contributed by atoms with Crippen molar-refractivity contribution < 1.29 is 0 Å². The maximum absolute atomic E-state index is 5.44. The molecule has 0 fully saturated rings. The Kier molecular flexibility index (Phi) is 2.50. The molecule has 2 aliphatic heterocycles. The molecular weight excluding hydrogens is 280 g/mol. The van der Waals surface area contributed by atoms with Crippen LogP contribution in [-0.4, -0.2) is 9.97 Å². The number of hydrogen-bond acceptors (Lipinski definition) is 4. The summed E-state index contributed by atoms with van der Waals surface area (Å²) in [7, 11) is 0. The molecule has 5 heteroatoms. The van der Waals surface area contributed by atoms with Gasteiger partial charge in [-0.2, -0.15) is 0 Å². The van der Waals surface area contributed by atoms with Crippen LogP contribution in [-0.2, 0) is 5.41 Å². The molecule has 0 saturated carbocycles. The van der Waals surface area contributed by atoms with Gasteiger partial charge in [0.15, 0.2) is 0 Å². The van der Waals surface area contributed by atoms with Crippen molar-refractivity contribution in [3.8, 4) is 0 Å². The topological polar surface area (TPSA) is 49.0 Å². The van der Waals surface area contributed by atoms with Gasteiger partial charge >= 0.3 is 0 Å². The molecule has 2 aromatic rings. The van der Waals surface area contributed by atoms with Crippen molar-refractivity contribution in [1.82, 2.24) is 4.98 Å². The first kappa shape index (κ1) is 12.6. The maximum atomic E-state index is 5.44. The summed E-state index contributed by atoms with van der Waals surface area (Å²) in [5, 5.41) is 10.3. The van der Waals surface area contributed by atoms with Gasteiger partial charge in [0.2, 0.25) is 0 Å². The van der Waals surface area contributed by atoms with Gasteiger partial charge in [-0.1, -0.05) is 18.3 Å². The average molecular weight is 296 g/mol. The Hall–Kier alpha value is -2.14. The van der Waals surface area contributed by atoms with Crippen molar-refractivity contribution in [2.45, 2.75) is 25.4 Å². The third-order valence-electron chi connectivity index (χ3n) is 4.26. The van der Waals surface area contributed by atoms with Gasteiger partial charge in [-0.3, -0.25) is 4.98 Å². The number of nitrogens with zero attached hydrogens (tertiary/aromatic N) is 1. The Morgan fingerprint density at radius 1 is 1.14 bits per heavy atom. The molecule has 0 aliphatic carbocycles. The van der Waals surface area contributed by atoms with Crippen molar-refractivity contribution >= 4 is 34.3 Å². The second-order valence-corrected chi connectivity index (χ2v) is 6.44. The van der Waals surface area contributed by atoms with Crippen molar-refractivity contribution in [3.05, 3.63) is 47.8 Å². The Labute approximate surface area is 129 Å². The zero-order valence-corrected chi connectivity index (χ0v) is 12.7. The summed E-state index contributed by atoms with van der Waals surface area (Å²) in [6.45, 7) is 4.31. The first-order chi connectivity index (χ1) is 10.1. The van der Waals surface area contributed by atoms with E-state index in [2.05, 4.69) is 53.0 Å². The Morgan fingerprint density at radius 2 is 1.90 bits per heavy atom. The predicted molar refractivity (Wildman–Crippen MR) is 89.9 cm³/mol. The molecule has 0 amide bonds. The van der Waals surface area contributed by atoms with Crippen LogP contribution >= 0.6 is 12.2 Å². The molecule has 1 atom stereocenters. The third-order valence-corrected chi connectivity index (χ3v) is 4.88. The second kappa shape index (κ2) is 4.18. The SMILES string of the molecule is CC1(C)C(=S)Nc2cc3c(cc21)NC(c1cccnc1)N3. The molecule has 0 radical (unpaired) electrons. The van der Waals surface area contributed by atoms with E-state index in [1.54, 1.807) is 6.20 Å². The van der Waals surface area contributed by atoms with Crippen molar-refractivity contribution in [2.24, 2.45) is 0 Å². The minimum atomic E-state index is -0.117. The van der Waals surface area contributed by atoms with E-state index in [4.69, 9.17) is 12.2 Å². The number of nitrogens with one attached hydrogen (secondary N) is 3. The van der Waals surface area contributed by atoms with Crippen LogP contribution in [0.4, 0.5) is 17.1 Å². The summed E-state index contributed by atoms with van der Waals surface area (Å²) in [5.41, 5.74) is 5.56. The number of rotatable bonds is 1. The summed E-state index contributed by atoms with van der Waals surface area (Å²) in [5.74, 6) is 0. The van der Waals surface area contributed by atoms with Crippen LogP contribution < -0.4 is 16.0 Å². The monoisotopic (exact) mass is 296 g/mol. The highest BCUT2D eigenvalue weighted by atomic mass is 32.1. The lowest BCUT2D eigenvalue weighted by molar-refractivity contribution is 0.748. The highest BCUT2D eigenvalue weighted by Crippen LogP contribution is 2.45. The van der Waals surface area contributed by atoms with Gasteiger partial charge in [-0.15, -0.1) is 0 Å². The zero-order valence-electron chi connectivity index (χ0n) is 11.9. The van der Waals surface area contributed by atoms with Gasteiger partial charge in [0.25, 0.3) is 0 Å². The van der Waals surface area contributed by atoms with E-state index >= 15 is 0 Å². The van der Waals surface area contributed by atoms with E-state index in [-0.39, 0.29) is 11.6 Å². The molecule has 1 unspecified atom stereocenters. The van der Waals surface area contributed by atoms with Gasteiger partial charge < -0.3 is 16.0 Å². The molecule has 0 spiro atoms. The fraction of sp³-hybridized carbons (Fsp3) is 0.250. The molecule has 0 saturated heterocycles. The van der Waals surface area contributed by atoms with Crippen LogP contribution in [0.5, 0.6) is 0 Å². The van der Waals surface area contributed by atoms with E-state index in [0.29, 0.717) is 0 Å². The fourth-order valence-corrected chi connectivity index (χ4v) is 3.14. The van der Waals surface area contributed by atoms with E-state index in [1.165, 1.54) is 5.56 Å². The lowest BCUT2D eigenvalue weighted by atomic mass is 9.86. The van der Waals surface area contributed by atoms with E-state index in [0.717, 1.165) is 27.6 Å². The molecule has 3 N–H and O–H groups in total. The van der Waals surface area contributed by atoms with Crippen molar-refractivity contribution in [2.75, 3.05) is 16.0 Å². The van der Waals surface area contributed by atoms with E-state index in [1.807, 2.05) is 12.3 Å². The molecule has 3 heterocycles. The first-order valence-corrected chi connectivity index (χ1v) is 7.39. The maximum Gasteiger partial charge on any atom is 0.125 e. The zero-order chi connectivity index (χ0) is 14.6. The fourth-order valence-electron chi connectivity index (χ4n) is 2.92. The summed E-state index contributed by atoms with van der Waals surface area (Å²) in [6.07, 6.45) is 3.72. The minimum absolute atomic E-state index is 0.0614. The molecule has 1 aromatic carbocycles. The molecule has 2 aliphatic rings. The number of pyridine rings is 1. The Morgan fingerprint density at radius 3 is 2.62 bits per heavy atom. The van der Waals surface area contributed by atoms with Gasteiger partial charge in [0, 0.05) is 29.1 Å². The van der Waals surface area contributed by atoms with Crippen molar-refractivity contribution in [1.29, 1.82) is 0 Å². The van der Waals surface area contributed by atoms with Gasteiger partial charge in [0.1, 0.15) is 6.17 Å². The normalized spacial score (nSPS) is 21.0. The smallest absolute Gasteiger partial charge is 0.125 e. The standard InChI is InChI=1S/C16H16N4S/c1-16(2)10-6-12-13(7-11(10)20-15(16)21)19-14(18-12)9-4-3-5-17-8-9/h3-8,14,18-19H,1-2H3,(H,20,21). The van der Waals surface area contributed by atoms with Crippen LogP contribution in [0.1, 0.15) is 31.1 Å². The number of hydrogen-bond donors (Lipinski definition) is 3. The molecule has 4 nitrogen and oxygen atoms in total. The largest absolute Gasteiger partial charge is 0.360 e. The molecule has 1 aromatic heterocycles. The number of fused-ring (bicyclic) bond motifs is 2. The number of aromatic nitrogens is 1. The second-order valence-electron chi connectivity index (χ2n) is 6.03. The summed E-state index contributed by atoms with van der Waals surface area (Å²) in [6, 6.07) is 8.34. The lowest BCUT2D eigenvalue weighted by Gasteiger charge is -2.18. The highest BCUT2D eigenvalue weighted by molar-refractivity contribution is 7.80. The third kappa shape index (κ3) is 1.81. The summed E-state index contributed by atoms with van der Waals surface area (Å²) >= 11 is 5.44. The predicted octanol–water partition coefficient (Wildman–Crippen LogP) is 3.65. The molecule has 0 bridgehead atoms. The molecule has 4 rings (SSSR count). The molecule has 106 valence electrons. The quantitative estimate of drug-likeness (QED) is 0.701. The number of thiocarbonyl (C=S) groups is 1. The molecular formula is C16H16N4S. The first-order valence-electron chi connectivity index (χ1n) is 6.99. The molecule has 21 heavy (non-hydrogen) atoms. The number of anilines is 3. The Balaban J connectivity index is 1.72.